The number of nitrogens with two attached hydrogens (primary N) is 2. The van der Waals surface area contributed by atoms with Crippen LogP contribution in [0.5, 0.6) is 0 Å². The van der Waals surface area contributed by atoms with Crippen LogP contribution in [0.25, 0.3) is 0 Å². The van der Waals surface area contributed by atoms with Gasteiger partial charge in [-0.05, 0) is 69.6 Å². The summed E-state index contributed by atoms with van der Waals surface area (Å²) in [6.07, 6.45) is 32.5. The Morgan fingerprint density at radius 1 is 0.800 bits per heavy atom. The van der Waals surface area contributed by atoms with E-state index < -0.39 is 6.04 Å². The lowest BCUT2D eigenvalue weighted by molar-refractivity contribution is -0.126. The maximum atomic E-state index is 12.5. The predicted molar refractivity (Wildman–Crippen MR) is 191 cm³/mol. The maximum absolute atomic E-state index is 12.5. The van der Waals surface area contributed by atoms with Crippen LogP contribution in [0.15, 0.2) is 107 Å². The van der Waals surface area contributed by atoms with Crippen molar-refractivity contribution in [3.05, 3.63) is 103 Å². The van der Waals surface area contributed by atoms with Crippen molar-refractivity contribution in [1.29, 1.82) is 0 Å². The van der Waals surface area contributed by atoms with E-state index >= 15 is 0 Å². The van der Waals surface area contributed by atoms with E-state index in [1.807, 2.05) is 24.3 Å². The van der Waals surface area contributed by atoms with E-state index in [9.17, 15) is 9.59 Å². The Balaban J connectivity index is 2.22. The molecule has 6 N–H and O–H groups in total. The topological polar surface area (TPSA) is 138 Å². The van der Waals surface area contributed by atoms with E-state index in [1.165, 1.54) is 0 Å². The van der Waals surface area contributed by atoms with E-state index in [0.29, 0.717) is 25.1 Å². The Morgan fingerprint density at radius 3 is 1.78 bits per heavy atom. The molecule has 0 radical (unpaired) electrons. The van der Waals surface area contributed by atoms with Gasteiger partial charge in [0.05, 0.1) is 6.54 Å². The fourth-order valence-corrected chi connectivity index (χ4v) is 3.60. The average molecular weight is 616 g/mol. The van der Waals surface area contributed by atoms with Crippen molar-refractivity contribution < 1.29 is 9.59 Å². The van der Waals surface area contributed by atoms with Gasteiger partial charge in [0.15, 0.2) is 5.96 Å². The first-order chi connectivity index (χ1) is 21.7. The zero-order valence-corrected chi connectivity index (χ0v) is 27.5. The molecule has 0 aliphatic rings. The molecule has 0 fully saturated rings. The Morgan fingerprint density at radius 2 is 1.29 bits per heavy atom. The van der Waals surface area contributed by atoms with Crippen LogP contribution in [-0.2, 0) is 16.1 Å². The lowest BCUT2D eigenvalue weighted by Crippen LogP contribution is -2.41. The number of benzene rings is 1. The summed E-state index contributed by atoms with van der Waals surface area (Å²) in [5, 5.41) is 5.57. The summed E-state index contributed by atoms with van der Waals surface area (Å²) in [7, 11) is 3.53. The third kappa shape index (κ3) is 20.8. The molecular weight excluding hydrogens is 562 g/mol. The summed E-state index contributed by atoms with van der Waals surface area (Å²) in [4.78, 5) is 34.6. The van der Waals surface area contributed by atoms with E-state index in [0.717, 1.165) is 44.1 Å². The van der Waals surface area contributed by atoms with E-state index in [-0.39, 0.29) is 23.7 Å². The zero-order valence-electron chi connectivity index (χ0n) is 27.5. The monoisotopic (exact) mass is 615 g/mol. The number of hydrogen-bond donors (Lipinski definition) is 4. The van der Waals surface area contributed by atoms with Gasteiger partial charge in [-0.15, -0.1) is 0 Å². The van der Waals surface area contributed by atoms with Crippen LogP contribution in [-0.4, -0.2) is 48.8 Å². The van der Waals surface area contributed by atoms with Crippen LogP contribution in [0.4, 0.5) is 5.69 Å². The second kappa shape index (κ2) is 24.7. The molecule has 0 heterocycles. The molecule has 1 aromatic carbocycles. The number of anilines is 1. The quantitative estimate of drug-likeness (QED) is 0.0822. The molecule has 244 valence electrons. The Labute approximate surface area is 270 Å². The number of nitrogens with zero attached hydrogens (tertiary/aromatic N) is 3. The molecule has 2 amide bonds. The van der Waals surface area contributed by atoms with Crippen LogP contribution in [0.3, 0.4) is 0 Å². The molecule has 0 bridgehead atoms. The van der Waals surface area contributed by atoms with Gasteiger partial charge < -0.3 is 27.0 Å². The van der Waals surface area contributed by atoms with Gasteiger partial charge in [0, 0.05) is 26.2 Å². The van der Waals surface area contributed by atoms with Gasteiger partial charge in [-0.1, -0.05) is 92.0 Å². The Bertz CT molecular complexity index is 1240. The standard InChI is InChI=1S/C36H53N7O2/c1-5-6-7-8-9-10-11-12-13-14-15-16-17-18-19-20-21-22-23-24-33(44)40-30(2)34(45)41-32-27-25-31(26-28-32)29-39-35(37)42-36(38)43(3)4/h6-7,9-10,12-13,15-16,18-19,21-22,25-28,30H,5,8,11,14,17,20,23-24,29H2,1-4H3,(H,40,44)(H,41,45)(H4,37,38,39,42)/t30-/m0/s1. The SMILES string of the molecule is CCC=CCC=CCC=CCC=CCC=CCC=CCCC(=O)N[C@@H](C)C(=O)Nc1ccc(CN=C(N)N=C(N)N(C)C)cc1. The van der Waals surface area contributed by atoms with Crippen LogP contribution in [0.1, 0.15) is 70.8 Å². The van der Waals surface area contributed by atoms with Crippen molar-refractivity contribution in [2.24, 2.45) is 21.5 Å². The number of allylic oxidation sites excluding steroid dienone is 12. The molecule has 0 saturated heterocycles. The normalized spacial score (nSPS) is 13.7. The van der Waals surface area contributed by atoms with Gasteiger partial charge in [0.1, 0.15) is 6.04 Å². The third-order valence-corrected chi connectivity index (χ3v) is 6.24. The average Bonchev–Trinajstić information content (AvgIpc) is 3.01. The van der Waals surface area contributed by atoms with Gasteiger partial charge >= 0.3 is 0 Å². The van der Waals surface area contributed by atoms with Crippen LogP contribution < -0.4 is 22.1 Å². The summed E-state index contributed by atoms with van der Waals surface area (Å²) in [5.41, 5.74) is 13.0. The molecule has 0 saturated carbocycles. The number of carbonyl (C=O) groups is 2. The maximum Gasteiger partial charge on any atom is 0.246 e. The van der Waals surface area contributed by atoms with E-state index in [1.54, 1.807) is 38.1 Å². The smallest absolute Gasteiger partial charge is 0.246 e. The Kier molecular flexibility index (Phi) is 21.1. The van der Waals surface area contributed by atoms with E-state index in [4.69, 9.17) is 11.5 Å². The summed E-state index contributed by atoms with van der Waals surface area (Å²) in [6, 6.07) is 6.55. The fraction of sp³-hybridized carbons (Fsp3) is 0.389. The number of aliphatic imine (C=N–C) groups is 2. The number of rotatable bonds is 19. The lowest BCUT2D eigenvalue weighted by atomic mass is 10.2. The molecule has 0 aliphatic heterocycles. The summed E-state index contributed by atoms with van der Waals surface area (Å²) in [6.45, 7) is 4.13. The van der Waals surface area contributed by atoms with Crippen molar-refractivity contribution in [2.45, 2.75) is 77.8 Å². The number of guanidine groups is 2. The molecule has 0 aliphatic carbocycles. The molecule has 9 heteroatoms. The van der Waals surface area contributed by atoms with Crippen molar-refractivity contribution in [1.82, 2.24) is 10.2 Å². The first-order valence-corrected chi connectivity index (χ1v) is 15.6. The summed E-state index contributed by atoms with van der Waals surface area (Å²) in [5.74, 6) is -0.102. The molecule has 0 aromatic heterocycles. The largest absolute Gasteiger partial charge is 0.369 e. The highest BCUT2D eigenvalue weighted by molar-refractivity contribution is 5.97. The molecule has 1 atom stereocenters. The van der Waals surface area contributed by atoms with Crippen LogP contribution in [0, 0.1) is 0 Å². The lowest BCUT2D eigenvalue weighted by Gasteiger charge is -2.14. The van der Waals surface area contributed by atoms with Crippen LogP contribution >= 0.6 is 0 Å². The van der Waals surface area contributed by atoms with Gasteiger partial charge in [-0.2, -0.15) is 4.99 Å². The zero-order chi connectivity index (χ0) is 33.1. The number of hydrogen-bond acceptors (Lipinski definition) is 3. The highest BCUT2D eigenvalue weighted by Gasteiger charge is 2.15. The highest BCUT2D eigenvalue weighted by Crippen LogP contribution is 2.11. The molecule has 1 aromatic rings. The molecule has 1 rings (SSSR count). The Hall–Kier alpha value is -4.66. The first kappa shape index (κ1) is 38.4. The minimum Gasteiger partial charge on any atom is -0.369 e. The molecule has 9 nitrogen and oxygen atoms in total. The van der Waals surface area contributed by atoms with E-state index in [2.05, 4.69) is 88.3 Å². The third-order valence-electron chi connectivity index (χ3n) is 6.24. The fourth-order valence-electron chi connectivity index (χ4n) is 3.60. The first-order valence-electron chi connectivity index (χ1n) is 15.6. The number of amides is 2. The van der Waals surface area contributed by atoms with Crippen molar-refractivity contribution >= 4 is 29.4 Å². The number of carbonyl (C=O) groups excluding carboxylic acids is 2. The van der Waals surface area contributed by atoms with Gasteiger partial charge in [0.2, 0.25) is 17.8 Å². The molecule has 45 heavy (non-hydrogen) atoms. The van der Waals surface area contributed by atoms with Crippen molar-refractivity contribution in [3.63, 3.8) is 0 Å². The van der Waals surface area contributed by atoms with Gasteiger partial charge in [0.25, 0.3) is 0 Å². The minimum atomic E-state index is -0.660. The predicted octanol–water partition coefficient (Wildman–Crippen LogP) is 6.30. The minimum absolute atomic E-state index is 0.0870. The second-order valence-corrected chi connectivity index (χ2v) is 10.5. The highest BCUT2D eigenvalue weighted by atomic mass is 16.2. The number of nitrogens with one attached hydrogen (secondary N) is 2. The van der Waals surface area contributed by atoms with Crippen LogP contribution in [0.2, 0.25) is 0 Å². The van der Waals surface area contributed by atoms with Crippen molar-refractivity contribution in [3.8, 4) is 0 Å². The summed E-state index contributed by atoms with van der Waals surface area (Å²) < 4.78 is 0. The molecule has 0 unspecified atom stereocenters. The van der Waals surface area contributed by atoms with Gasteiger partial charge in [-0.25, -0.2) is 4.99 Å². The van der Waals surface area contributed by atoms with Crippen molar-refractivity contribution in [2.75, 3.05) is 19.4 Å². The molecular formula is C36H53N7O2. The second-order valence-electron chi connectivity index (χ2n) is 10.5. The van der Waals surface area contributed by atoms with Gasteiger partial charge in [-0.3, -0.25) is 9.59 Å². The molecule has 0 spiro atoms. The summed E-state index contributed by atoms with van der Waals surface area (Å²) >= 11 is 0.